The molecule has 0 aromatic heterocycles. The monoisotopic (exact) mass is 246 g/mol. The smallest absolute Gasteiger partial charge is 0.101 e. The molecule has 0 aliphatic carbocycles. The van der Waals surface area contributed by atoms with Crippen LogP contribution in [-0.2, 0) is 13.0 Å². The fraction of sp³-hybridized carbons (Fsp3) is 0.200. The van der Waals surface area contributed by atoms with Gasteiger partial charge in [-0.05, 0) is 17.7 Å². The van der Waals surface area contributed by atoms with Gasteiger partial charge >= 0.3 is 0 Å². The molecule has 2 heteroatoms. The lowest BCUT2D eigenvalue weighted by molar-refractivity contribution is -0.670. The molecular formula is C15H17ClN+. The Kier molecular flexibility index (Phi) is 4.60. The van der Waals surface area contributed by atoms with Gasteiger partial charge in [-0.1, -0.05) is 54.1 Å². The fourth-order valence-corrected chi connectivity index (χ4v) is 1.93. The van der Waals surface area contributed by atoms with E-state index >= 15 is 0 Å². The van der Waals surface area contributed by atoms with Crippen molar-refractivity contribution in [1.82, 2.24) is 0 Å². The summed E-state index contributed by atoms with van der Waals surface area (Å²) in [6.45, 7) is 2.14. The molecule has 0 spiro atoms. The zero-order valence-corrected chi connectivity index (χ0v) is 10.5. The standard InChI is InChI=1S/C15H16ClN/c16-15-8-6-14(7-9-15)12-17-11-10-13-4-2-1-3-5-13/h1-9,17H,10-12H2/p+1. The predicted molar refractivity (Wildman–Crippen MR) is 72.1 cm³/mol. The zero-order valence-electron chi connectivity index (χ0n) is 9.77. The molecule has 0 saturated heterocycles. The van der Waals surface area contributed by atoms with Crippen LogP contribution in [0, 0.1) is 0 Å². The Morgan fingerprint density at radius 3 is 2.24 bits per heavy atom. The van der Waals surface area contributed by atoms with Crippen LogP contribution in [0.3, 0.4) is 0 Å². The molecule has 2 rings (SSSR count). The summed E-state index contributed by atoms with van der Waals surface area (Å²) < 4.78 is 0. The molecule has 2 N–H and O–H groups in total. The molecule has 88 valence electrons. The topological polar surface area (TPSA) is 16.6 Å². The summed E-state index contributed by atoms with van der Waals surface area (Å²) in [6.07, 6.45) is 1.12. The molecule has 0 fully saturated rings. The first kappa shape index (κ1) is 12.2. The lowest BCUT2D eigenvalue weighted by Crippen LogP contribution is -2.83. The van der Waals surface area contributed by atoms with E-state index in [2.05, 4.69) is 47.8 Å². The van der Waals surface area contributed by atoms with Gasteiger partial charge in [0.1, 0.15) is 6.54 Å². The van der Waals surface area contributed by atoms with Crippen molar-refractivity contribution < 1.29 is 5.32 Å². The highest BCUT2D eigenvalue weighted by Crippen LogP contribution is 2.08. The Morgan fingerprint density at radius 1 is 0.824 bits per heavy atom. The highest BCUT2D eigenvalue weighted by molar-refractivity contribution is 6.30. The van der Waals surface area contributed by atoms with Crippen LogP contribution in [0.15, 0.2) is 54.6 Å². The minimum Gasteiger partial charge on any atom is -0.342 e. The summed E-state index contributed by atoms with van der Waals surface area (Å²) in [5.74, 6) is 0. The Hall–Kier alpha value is -1.31. The number of halogens is 1. The lowest BCUT2D eigenvalue weighted by atomic mass is 10.1. The number of rotatable bonds is 5. The molecule has 2 aromatic carbocycles. The molecule has 0 radical (unpaired) electrons. The van der Waals surface area contributed by atoms with Gasteiger partial charge < -0.3 is 5.32 Å². The second-order valence-corrected chi connectivity index (χ2v) is 4.58. The molecule has 2 aromatic rings. The van der Waals surface area contributed by atoms with Crippen LogP contribution < -0.4 is 5.32 Å². The molecule has 0 atom stereocenters. The summed E-state index contributed by atoms with van der Waals surface area (Å²) >= 11 is 5.84. The average molecular weight is 247 g/mol. The first-order valence-electron chi connectivity index (χ1n) is 5.94. The van der Waals surface area contributed by atoms with Crippen LogP contribution in [0.2, 0.25) is 5.02 Å². The Morgan fingerprint density at radius 2 is 1.53 bits per heavy atom. The fourth-order valence-electron chi connectivity index (χ4n) is 1.80. The molecule has 0 aliphatic heterocycles. The lowest BCUT2D eigenvalue weighted by Gasteiger charge is -2.02. The molecule has 17 heavy (non-hydrogen) atoms. The first-order chi connectivity index (χ1) is 8.34. The molecule has 1 nitrogen and oxygen atoms in total. The third-order valence-corrected chi connectivity index (χ3v) is 3.03. The normalized spacial score (nSPS) is 10.4. The molecule has 0 unspecified atom stereocenters. The average Bonchev–Trinajstić information content (AvgIpc) is 2.38. The van der Waals surface area contributed by atoms with E-state index in [1.807, 2.05) is 12.1 Å². The number of hydrogen-bond acceptors (Lipinski definition) is 0. The number of hydrogen-bond donors (Lipinski definition) is 1. The first-order valence-corrected chi connectivity index (χ1v) is 6.32. The van der Waals surface area contributed by atoms with Gasteiger partial charge in [-0.3, -0.25) is 0 Å². The van der Waals surface area contributed by atoms with Crippen LogP contribution in [0.1, 0.15) is 11.1 Å². The van der Waals surface area contributed by atoms with Crippen LogP contribution in [0.5, 0.6) is 0 Å². The maximum atomic E-state index is 5.84. The SMILES string of the molecule is Clc1ccc(C[NH2+]CCc2ccccc2)cc1. The molecular weight excluding hydrogens is 230 g/mol. The van der Waals surface area contributed by atoms with Crippen molar-refractivity contribution in [3.8, 4) is 0 Å². The van der Waals surface area contributed by atoms with Crippen LogP contribution >= 0.6 is 11.6 Å². The van der Waals surface area contributed by atoms with E-state index < -0.39 is 0 Å². The van der Waals surface area contributed by atoms with Crippen molar-refractivity contribution in [3.05, 3.63) is 70.7 Å². The zero-order chi connectivity index (χ0) is 11.9. The third-order valence-electron chi connectivity index (χ3n) is 2.77. The second-order valence-electron chi connectivity index (χ2n) is 4.14. The quantitative estimate of drug-likeness (QED) is 0.782. The highest BCUT2D eigenvalue weighted by Gasteiger charge is 1.97. The van der Waals surface area contributed by atoms with E-state index in [1.165, 1.54) is 11.1 Å². The van der Waals surface area contributed by atoms with Gasteiger partial charge in [-0.2, -0.15) is 0 Å². The van der Waals surface area contributed by atoms with Crippen LogP contribution in [-0.4, -0.2) is 6.54 Å². The van der Waals surface area contributed by atoms with E-state index in [9.17, 15) is 0 Å². The summed E-state index contributed by atoms with van der Waals surface area (Å²) in [5, 5.41) is 3.13. The van der Waals surface area contributed by atoms with Crippen LogP contribution in [0.25, 0.3) is 0 Å². The van der Waals surface area contributed by atoms with Crippen molar-refractivity contribution in [2.24, 2.45) is 0 Å². The van der Waals surface area contributed by atoms with Gasteiger partial charge in [-0.25, -0.2) is 0 Å². The summed E-state index contributed by atoms with van der Waals surface area (Å²) in [6, 6.07) is 18.7. The van der Waals surface area contributed by atoms with E-state index in [0.717, 1.165) is 24.5 Å². The molecule has 0 heterocycles. The van der Waals surface area contributed by atoms with Crippen molar-refractivity contribution in [2.45, 2.75) is 13.0 Å². The van der Waals surface area contributed by atoms with Gasteiger partial charge in [-0.15, -0.1) is 0 Å². The summed E-state index contributed by atoms with van der Waals surface area (Å²) in [7, 11) is 0. The van der Waals surface area contributed by atoms with Crippen molar-refractivity contribution in [1.29, 1.82) is 0 Å². The van der Waals surface area contributed by atoms with E-state index in [4.69, 9.17) is 11.6 Å². The second kappa shape index (κ2) is 6.43. The van der Waals surface area contributed by atoms with Gasteiger partial charge in [0.25, 0.3) is 0 Å². The Balaban J connectivity index is 1.71. The van der Waals surface area contributed by atoms with Crippen molar-refractivity contribution >= 4 is 11.6 Å². The molecule has 0 amide bonds. The van der Waals surface area contributed by atoms with E-state index in [0.29, 0.717) is 0 Å². The van der Waals surface area contributed by atoms with Gasteiger partial charge in [0, 0.05) is 17.0 Å². The number of benzene rings is 2. The summed E-state index contributed by atoms with van der Waals surface area (Å²) in [5.41, 5.74) is 2.72. The maximum absolute atomic E-state index is 5.84. The van der Waals surface area contributed by atoms with Gasteiger partial charge in [0.05, 0.1) is 6.54 Å². The highest BCUT2D eigenvalue weighted by atomic mass is 35.5. The van der Waals surface area contributed by atoms with E-state index in [-0.39, 0.29) is 0 Å². The molecule has 0 bridgehead atoms. The minimum atomic E-state index is 0.804. The van der Waals surface area contributed by atoms with Crippen molar-refractivity contribution in [2.75, 3.05) is 6.54 Å². The third kappa shape index (κ3) is 4.22. The Bertz CT molecular complexity index is 436. The maximum Gasteiger partial charge on any atom is 0.101 e. The number of nitrogens with two attached hydrogens (primary N) is 1. The van der Waals surface area contributed by atoms with E-state index in [1.54, 1.807) is 0 Å². The summed E-state index contributed by atoms with van der Waals surface area (Å²) in [4.78, 5) is 0. The predicted octanol–water partition coefficient (Wildman–Crippen LogP) is 2.65. The largest absolute Gasteiger partial charge is 0.342 e. The van der Waals surface area contributed by atoms with Crippen LogP contribution in [0.4, 0.5) is 0 Å². The number of quaternary nitrogens is 1. The van der Waals surface area contributed by atoms with Crippen molar-refractivity contribution in [3.63, 3.8) is 0 Å². The minimum absolute atomic E-state index is 0.804. The Labute approximate surface area is 107 Å². The van der Waals surface area contributed by atoms with Gasteiger partial charge in [0.2, 0.25) is 0 Å². The van der Waals surface area contributed by atoms with Gasteiger partial charge in [0.15, 0.2) is 0 Å². The molecule has 0 aliphatic rings. The molecule has 0 saturated carbocycles.